The van der Waals surface area contributed by atoms with E-state index in [0.29, 0.717) is 27.8 Å². The summed E-state index contributed by atoms with van der Waals surface area (Å²) in [5.74, 6) is 0. The molecule has 0 saturated carbocycles. The molecule has 2 aromatic rings. The quantitative estimate of drug-likeness (QED) is 0.397. The molecule has 1 fully saturated rings. The van der Waals surface area contributed by atoms with Crippen molar-refractivity contribution in [3.8, 4) is 0 Å². The zero-order valence-electron chi connectivity index (χ0n) is 14.8. The molecule has 0 aliphatic carbocycles. The molecule has 1 heterocycles. The number of hydrogen-bond acceptors (Lipinski definition) is 7. The average molecular weight is 429 g/mol. The van der Waals surface area contributed by atoms with Gasteiger partial charge in [0.2, 0.25) is 0 Å². The van der Waals surface area contributed by atoms with E-state index in [9.17, 15) is 20.4 Å². The maximum absolute atomic E-state index is 10.1. The van der Waals surface area contributed by atoms with Gasteiger partial charge in [0.1, 0.15) is 24.4 Å². The molecule has 152 valence electrons. The summed E-state index contributed by atoms with van der Waals surface area (Å²) < 4.78 is 5.43. The molecule has 9 heteroatoms. The Balaban J connectivity index is 1.72. The highest BCUT2D eigenvalue weighted by Crippen LogP contribution is 2.29. The van der Waals surface area contributed by atoms with E-state index in [2.05, 4.69) is 5.32 Å². The van der Waals surface area contributed by atoms with Gasteiger partial charge in [-0.05, 0) is 41.8 Å². The maximum atomic E-state index is 10.1. The standard InChI is InChI=1S/C19H22Cl2N2O5/c20-11-6-9(1-3-13(11)22)5-10-2-4-14(12(21)7-10)23-19-18(27)17(26)16(25)15(8-24)28-19/h1-4,6-7,15-19,23-27H,5,8,22H2/t15-,16-,17+,18-,19-/m1/s1. The van der Waals surface area contributed by atoms with Crippen LogP contribution in [0.4, 0.5) is 11.4 Å². The number of rotatable bonds is 5. The first kappa shape index (κ1) is 21.1. The van der Waals surface area contributed by atoms with Gasteiger partial charge in [0.25, 0.3) is 0 Å². The van der Waals surface area contributed by atoms with Gasteiger partial charge in [-0.25, -0.2) is 0 Å². The van der Waals surface area contributed by atoms with Crippen molar-refractivity contribution in [3.63, 3.8) is 0 Å². The Morgan fingerprint density at radius 3 is 2.18 bits per heavy atom. The summed E-state index contributed by atoms with van der Waals surface area (Å²) >= 11 is 12.4. The second kappa shape index (κ2) is 8.84. The molecule has 1 saturated heterocycles. The van der Waals surface area contributed by atoms with Crippen LogP contribution in [-0.4, -0.2) is 57.7 Å². The van der Waals surface area contributed by atoms with Crippen molar-refractivity contribution in [1.82, 2.24) is 0 Å². The minimum absolute atomic E-state index is 0.385. The zero-order valence-corrected chi connectivity index (χ0v) is 16.3. The average Bonchev–Trinajstić information content (AvgIpc) is 2.67. The maximum Gasteiger partial charge on any atom is 0.157 e. The Bertz CT molecular complexity index is 836. The van der Waals surface area contributed by atoms with Crippen LogP contribution in [0.25, 0.3) is 0 Å². The molecule has 3 rings (SSSR count). The highest BCUT2D eigenvalue weighted by molar-refractivity contribution is 6.33. The number of benzene rings is 2. The van der Waals surface area contributed by atoms with Crippen LogP contribution >= 0.6 is 23.2 Å². The number of nitrogens with one attached hydrogen (secondary N) is 1. The van der Waals surface area contributed by atoms with Crippen molar-refractivity contribution in [2.24, 2.45) is 0 Å². The lowest BCUT2D eigenvalue weighted by Crippen LogP contribution is -2.60. The van der Waals surface area contributed by atoms with Crippen LogP contribution in [0.3, 0.4) is 0 Å². The lowest BCUT2D eigenvalue weighted by molar-refractivity contribution is -0.221. The fourth-order valence-electron chi connectivity index (χ4n) is 3.08. The molecule has 5 atom stereocenters. The molecule has 28 heavy (non-hydrogen) atoms. The van der Waals surface area contributed by atoms with Crippen LogP contribution in [0.2, 0.25) is 10.0 Å². The highest BCUT2D eigenvalue weighted by Gasteiger charge is 2.43. The van der Waals surface area contributed by atoms with Crippen molar-refractivity contribution in [3.05, 3.63) is 57.6 Å². The summed E-state index contributed by atoms with van der Waals surface area (Å²) in [4.78, 5) is 0. The normalized spacial score (nSPS) is 27.6. The summed E-state index contributed by atoms with van der Waals surface area (Å²) in [5, 5.41) is 42.9. The van der Waals surface area contributed by atoms with Gasteiger partial charge in [0.15, 0.2) is 6.23 Å². The van der Waals surface area contributed by atoms with E-state index in [4.69, 9.17) is 33.7 Å². The second-order valence-electron chi connectivity index (χ2n) is 6.74. The van der Waals surface area contributed by atoms with Crippen LogP contribution in [-0.2, 0) is 11.2 Å². The van der Waals surface area contributed by atoms with Crippen LogP contribution in [0.15, 0.2) is 36.4 Å². The van der Waals surface area contributed by atoms with Gasteiger partial charge < -0.3 is 36.2 Å². The first-order valence-corrected chi connectivity index (χ1v) is 9.45. The minimum atomic E-state index is -1.46. The first-order valence-electron chi connectivity index (χ1n) is 8.69. The Morgan fingerprint density at radius 1 is 0.929 bits per heavy atom. The summed E-state index contributed by atoms with van der Waals surface area (Å²) in [7, 11) is 0. The molecule has 7 nitrogen and oxygen atoms in total. The SMILES string of the molecule is Nc1ccc(Cc2ccc(N[C@@H]3O[C@H](CO)[C@@H](O)[C@H](O)[C@H]3O)c(Cl)c2)cc1Cl. The number of nitrogen functional groups attached to an aromatic ring is 1. The predicted octanol–water partition coefficient (Wildman–Crippen LogP) is 1.38. The van der Waals surface area contributed by atoms with Gasteiger partial charge in [-0.2, -0.15) is 0 Å². The van der Waals surface area contributed by atoms with E-state index in [1.807, 2.05) is 12.1 Å². The van der Waals surface area contributed by atoms with E-state index in [1.54, 1.807) is 24.3 Å². The molecule has 2 aromatic carbocycles. The van der Waals surface area contributed by atoms with E-state index in [1.165, 1.54) is 0 Å². The van der Waals surface area contributed by atoms with Crippen LogP contribution in [0.5, 0.6) is 0 Å². The number of aliphatic hydroxyl groups is 4. The Kier molecular flexibility index (Phi) is 6.67. The molecule has 7 N–H and O–H groups in total. The summed E-state index contributed by atoms with van der Waals surface area (Å²) in [5.41, 5.74) is 8.63. The zero-order chi connectivity index (χ0) is 20.4. The molecule has 0 aromatic heterocycles. The molecule has 0 amide bonds. The molecule has 1 aliphatic heterocycles. The van der Waals surface area contributed by atoms with E-state index in [0.717, 1.165) is 11.1 Å². The van der Waals surface area contributed by atoms with Gasteiger partial charge in [-0.15, -0.1) is 0 Å². The number of aliphatic hydroxyl groups excluding tert-OH is 4. The highest BCUT2D eigenvalue weighted by atomic mass is 35.5. The van der Waals surface area contributed by atoms with Gasteiger partial charge in [0.05, 0.1) is 28.0 Å². The lowest BCUT2D eigenvalue weighted by atomic mass is 9.98. The fraction of sp³-hybridized carbons (Fsp3) is 0.368. The third-order valence-corrected chi connectivity index (χ3v) is 5.34. The van der Waals surface area contributed by atoms with Crippen LogP contribution in [0, 0.1) is 0 Å². The number of hydrogen-bond donors (Lipinski definition) is 6. The molecular weight excluding hydrogens is 407 g/mol. The molecule has 1 aliphatic rings. The van der Waals surface area contributed by atoms with Crippen LogP contribution in [0.1, 0.15) is 11.1 Å². The number of nitrogens with two attached hydrogens (primary N) is 1. The van der Waals surface area contributed by atoms with Crippen molar-refractivity contribution in [2.45, 2.75) is 37.1 Å². The minimum Gasteiger partial charge on any atom is -0.398 e. The number of halogens is 2. The number of ether oxygens (including phenoxy) is 1. The van der Waals surface area contributed by atoms with Crippen molar-refractivity contribution in [2.75, 3.05) is 17.7 Å². The molecule has 0 unspecified atom stereocenters. The lowest BCUT2D eigenvalue weighted by Gasteiger charge is -2.40. The summed E-state index contributed by atoms with van der Waals surface area (Å²) in [6.07, 6.45) is -5.72. The largest absolute Gasteiger partial charge is 0.398 e. The molecule has 0 spiro atoms. The van der Waals surface area contributed by atoms with Crippen LogP contribution < -0.4 is 11.1 Å². The van der Waals surface area contributed by atoms with E-state index in [-0.39, 0.29) is 0 Å². The van der Waals surface area contributed by atoms with Gasteiger partial charge in [-0.1, -0.05) is 35.3 Å². The van der Waals surface area contributed by atoms with E-state index >= 15 is 0 Å². The second-order valence-corrected chi connectivity index (χ2v) is 7.56. The fourth-order valence-corrected chi connectivity index (χ4v) is 3.54. The first-order chi connectivity index (χ1) is 13.3. The Labute approximate surface area is 172 Å². The molecule has 0 bridgehead atoms. The Hall–Kier alpha value is -1.58. The monoisotopic (exact) mass is 428 g/mol. The summed E-state index contributed by atoms with van der Waals surface area (Å²) in [6.45, 7) is -0.500. The topological polar surface area (TPSA) is 128 Å². The smallest absolute Gasteiger partial charge is 0.157 e. The predicted molar refractivity (Wildman–Crippen MR) is 108 cm³/mol. The molecule has 0 radical (unpaired) electrons. The van der Waals surface area contributed by atoms with Crippen molar-refractivity contribution < 1.29 is 25.2 Å². The third kappa shape index (κ3) is 4.52. The van der Waals surface area contributed by atoms with Gasteiger partial charge >= 0.3 is 0 Å². The third-order valence-electron chi connectivity index (χ3n) is 4.70. The molecular formula is C19H22Cl2N2O5. The van der Waals surface area contributed by atoms with Gasteiger partial charge in [0, 0.05) is 0 Å². The van der Waals surface area contributed by atoms with E-state index < -0.39 is 37.3 Å². The van der Waals surface area contributed by atoms with Crippen molar-refractivity contribution >= 4 is 34.6 Å². The summed E-state index contributed by atoms with van der Waals surface area (Å²) in [6, 6.07) is 10.8. The van der Waals surface area contributed by atoms with Crippen molar-refractivity contribution in [1.29, 1.82) is 0 Å². The van der Waals surface area contributed by atoms with Gasteiger partial charge in [-0.3, -0.25) is 0 Å². The Morgan fingerprint density at radius 2 is 1.57 bits per heavy atom. The number of anilines is 2.